The van der Waals surface area contributed by atoms with Gasteiger partial charge in [-0.15, -0.1) is 0 Å². The summed E-state index contributed by atoms with van der Waals surface area (Å²) in [5, 5.41) is 2.65. The summed E-state index contributed by atoms with van der Waals surface area (Å²) in [5.74, 6) is -4.56. The highest BCUT2D eigenvalue weighted by molar-refractivity contribution is 5.78. The number of benzene rings is 1. The van der Waals surface area contributed by atoms with Gasteiger partial charge in [-0.05, 0) is 19.0 Å². The molecule has 1 fully saturated rings. The normalized spacial score (nSPS) is 18.9. The fourth-order valence-electron chi connectivity index (χ4n) is 2.55. The smallest absolute Gasteiger partial charge is 0.224 e. The quantitative estimate of drug-likeness (QED) is 0.810. The number of likely N-dealkylation sites (N-methyl/N-ethyl adjacent to an activating group) is 1. The van der Waals surface area contributed by atoms with E-state index in [-0.39, 0.29) is 18.1 Å². The van der Waals surface area contributed by atoms with E-state index in [2.05, 4.69) is 17.1 Å². The van der Waals surface area contributed by atoms with Gasteiger partial charge in [0.1, 0.15) is 0 Å². The third kappa shape index (κ3) is 4.94. The Hall–Kier alpha value is -1.60. The number of nitrogens with zero attached hydrogens (tertiary/aromatic N) is 1. The molecule has 1 heterocycles. The topological polar surface area (TPSA) is 41.6 Å². The van der Waals surface area contributed by atoms with Crippen LogP contribution in [0.15, 0.2) is 12.1 Å². The Morgan fingerprint density at radius 1 is 1.35 bits per heavy atom. The van der Waals surface area contributed by atoms with Crippen molar-refractivity contribution in [3.05, 3.63) is 35.1 Å². The first-order valence-electron chi connectivity index (χ1n) is 7.74. The van der Waals surface area contributed by atoms with Crippen molar-refractivity contribution in [2.75, 3.05) is 32.8 Å². The molecule has 1 amide bonds. The first-order chi connectivity index (χ1) is 11.0. The Morgan fingerprint density at radius 2 is 2.13 bits per heavy atom. The van der Waals surface area contributed by atoms with Gasteiger partial charge in [-0.25, -0.2) is 13.2 Å². The standard InChI is InChI=1S/C16H21F3N2O2/c1-2-21-7-8-23-12(10-21)5-6-20-14(22)9-11-3-4-13(17)16(19)15(11)18/h3-4,12H,2,5-10H2,1H3,(H,20,22)/t12-/m0/s1. The lowest BCUT2D eigenvalue weighted by molar-refractivity contribution is -0.120. The molecule has 1 N–H and O–H groups in total. The van der Waals surface area contributed by atoms with Crippen LogP contribution < -0.4 is 5.32 Å². The van der Waals surface area contributed by atoms with Crippen LogP contribution in [0.3, 0.4) is 0 Å². The molecule has 1 atom stereocenters. The van der Waals surface area contributed by atoms with Gasteiger partial charge in [0.25, 0.3) is 0 Å². The van der Waals surface area contributed by atoms with Gasteiger partial charge in [0.15, 0.2) is 17.5 Å². The van der Waals surface area contributed by atoms with Gasteiger partial charge in [0.05, 0.1) is 19.1 Å². The number of nitrogens with one attached hydrogen (secondary N) is 1. The highest BCUT2D eigenvalue weighted by atomic mass is 19.2. The monoisotopic (exact) mass is 330 g/mol. The predicted octanol–water partition coefficient (Wildman–Crippen LogP) is 1.87. The second kappa shape index (κ2) is 8.31. The fraction of sp³-hybridized carbons (Fsp3) is 0.562. The summed E-state index contributed by atoms with van der Waals surface area (Å²) in [6, 6.07) is 1.90. The molecule has 0 radical (unpaired) electrons. The highest BCUT2D eigenvalue weighted by Gasteiger charge is 2.19. The van der Waals surface area contributed by atoms with Gasteiger partial charge in [0.2, 0.25) is 5.91 Å². The number of carbonyl (C=O) groups is 1. The molecule has 128 valence electrons. The number of amides is 1. The SMILES string of the molecule is CCN1CCO[C@@H](CCNC(=O)Cc2ccc(F)c(F)c2F)C1. The molecule has 7 heteroatoms. The number of hydrogen-bond donors (Lipinski definition) is 1. The van der Waals surface area contributed by atoms with Crippen molar-refractivity contribution in [1.82, 2.24) is 10.2 Å². The third-order valence-corrected chi connectivity index (χ3v) is 3.92. The molecule has 1 aliphatic rings. The van der Waals surface area contributed by atoms with E-state index in [1.54, 1.807) is 0 Å². The number of halogens is 3. The van der Waals surface area contributed by atoms with Gasteiger partial charge in [-0.3, -0.25) is 9.69 Å². The highest BCUT2D eigenvalue weighted by Crippen LogP contribution is 2.15. The molecule has 0 aliphatic carbocycles. The number of ether oxygens (including phenoxy) is 1. The van der Waals surface area contributed by atoms with Crippen LogP contribution in [0.4, 0.5) is 13.2 Å². The Kier molecular flexibility index (Phi) is 6.41. The van der Waals surface area contributed by atoms with Crippen LogP contribution in [0, 0.1) is 17.5 Å². The van der Waals surface area contributed by atoms with Gasteiger partial charge < -0.3 is 10.1 Å². The zero-order chi connectivity index (χ0) is 16.8. The summed E-state index contributed by atoms with van der Waals surface area (Å²) < 4.78 is 45.0. The lowest BCUT2D eigenvalue weighted by Gasteiger charge is -2.32. The molecule has 0 spiro atoms. The van der Waals surface area contributed by atoms with Crippen molar-refractivity contribution in [1.29, 1.82) is 0 Å². The molecule has 23 heavy (non-hydrogen) atoms. The Bertz CT molecular complexity index is 554. The van der Waals surface area contributed by atoms with E-state index < -0.39 is 23.4 Å². The molecule has 1 saturated heterocycles. The lowest BCUT2D eigenvalue weighted by Crippen LogP contribution is -2.43. The minimum Gasteiger partial charge on any atom is -0.375 e. The fourth-order valence-corrected chi connectivity index (χ4v) is 2.55. The van der Waals surface area contributed by atoms with Gasteiger partial charge in [-0.1, -0.05) is 13.0 Å². The molecule has 1 aliphatic heterocycles. The molecule has 1 aromatic rings. The van der Waals surface area contributed by atoms with Gasteiger partial charge >= 0.3 is 0 Å². The van der Waals surface area contributed by atoms with Crippen LogP contribution in [-0.4, -0.2) is 49.7 Å². The van der Waals surface area contributed by atoms with Crippen molar-refractivity contribution in [3.8, 4) is 0 Å². The molecular weight excluding hydrogens is 309 g/mol. The maximum absolute atomic E-state index is 13.5. The molecule has 2 rings (SSSR count). The Balaban J connectivity index is 1.76. The van der Waals surface area contributed by atoms with E-state index in [0.29, 0.717) is 19.6 Å². The van der Waals surface area contributed by atoms with Crippen LogP contribution in [0.1, 0.15) is 18.9 Å². The van der Waals surface area contributed by atoms with Crippen LogP contribution >= 0.6 is 0 Å². The van der Waals surface area contributed by atoms with Crippen LogP contribution in [0.5, 0.6) is 0 Å². The van der Waals surface area contributed by atoms with E-state index >= 15 is 0 Å². The number of hydrogen-bond acceptors (Lipinski definition) is 3. The van der Waals surface area contributed by atoms with Crippen LogP contribution in [-0.2, 0) is 16.0 Å². The summed E-state index contributed by atoms with van der Waals surface area (Å²) in [6.07, 6.45) is 0.391. The molecule has 0 bridgehead atoms. The van der Waals surface area contributed by atoms with E-state index in [1.165, 1.54) is 0 Å². The third-order valence-electron chi connectivity index (χ3n) is 3.92. The van der Waals surface area contributed by atoms with E-state index in [9.17, 15) is 18.0 Å². The minimum atomic E-state index is -1.55. The maximum Gasteiger partial charge on any atom is 0.224 e. The molecule has 0 aromatic heterocycles. The van der Waals surface area contributed by atoms with E-state index in [1.807, 2.05) is 0 Å². The first kappa shape index (κ1) is 17.7. The second-order valence-electron chi connectivity index (χ2n) is 5.54. The zero-order valence-corrected chi connectivity index (χ0v) is 13.1. The van der Waals surface area contributed by atoms with Gasteiger partial charge in [-0.2, -0.15) is 0 Å². The Labute approximate surface area is 133 Å². The van der Waals surface area contributed by atoms with Crippen molar-refractivity contribution < 1.29 is 22.7 Å². The maximum atomic E-state index is 13.5. The largest absolute Gasteiger partial charge is 0.375 e. The van der Waals surface area contributed by atoms with Crippen molar-refractivity contribution in [2.24, 2.45) is 0 Å². The minimum absolute atomic E-state index is 0.0593. The van der Waals surface area contributed by atoms with Crippen molar-refractivity contribution in [2.45, 2.75) is 25.9 Å². The number of carbonyl (C=O) groups excluding carboxylic acids is 1. The second-order valence-corrected chi connectivity index (χ2v) is 5.54. The number of rotatable bonds is 6. The van der Waals surface area contributed by atoms with E-state index in [0.717, 1.165) is 31.8 Å². The van der Waals surface area contributed by atoms with Crippen molar-refractivity contribution in [3.63, 3.8) is 0 Å². The summed E-state index contributed by atoms with van der Waals surface area (Å²) in [5.41, 5.74) is -0.160. The van der Waals surface area contributed by atoms with Crippen LogP contribution in [0.25, 0.3) is 0 Å². The molecule has 1 aromatic carbocycles. The first-order valence-corrected chi connectivity index (χ1v) is 7.74. The summed E-state index contributed by atoms with van der Waals surface area (Å²) in [6.45, 7) is 5.85. The summed E-state index contributed by atoms with van der Waals surface area (Å²) in [7, 11) is 0. The van der Waals surface area contributed by atoms with Crippen molar-refractivity contribution >= 4 is 5.91 Å². The zero-order valence-electron chi connectivity index (χ0n) is 13.1. The van der Waals surface area contributed by atoms with E-state index in [4.69, 9.17) is 4.74 Å². The number of morpholine rings is 1. The van der Waals surface area contributed by atoms with Gasteiger partial charge in [0, 0.05) is 25.2 Å². The molecule has 4 nitrogen and oxygen atoms in total. The predicted molar refractivity (Wildman–Crippen MR) is 79.5 cm³/mol. The van der Waals surface area contributed by atoms with Crippen LogP contribution in [0.2, 0.25) is 0 Å². The average Bonchev–Trinajstić information content (AvgIpc) is 2.55. The lowest BCUT2D eigenvalue weighted by atomic mass is 10.1. The summed E-state index contributed by atoms with van der Waals surface area (Å²) >= 11 is 0. The Morgan fingerprint density at radius 3 is 2.87 bits per heavy atom. The summed E-state index contributed by atoms with van der Waals surface area (Å²) in [4.78, 5) is 14.0. The average molecular weight is 330 g/mol. The molecule has 0 saturated carbocycles. The molecule has 0 unspecified atom stereocenters. The molecular formula is C16H21F3N2O2.